The first-order chi connectivity index (χ1) is 10.2. The number of phenolic OH excluding ortho intramolecular Hbond substituents is 1. The average Bonchev–Trinajstić information content (AvgIpc) is 2.97. The topological polar surface area (TPSA) is 32.3 Å². The summed E-state index contributed by atoms with van der Waals surface area (Å²) in [5, 5.41) is 13.9. The van der Waals surface area contributed by atoms with Crippen molar-refractivity contribution in [3.8, 4) is 5.75 Å². The summed E-state index contributed by atoms with van der Waals surface area (Å²) in [6.45, 7) is 2.14. The van der Waals surface area contributed by atoms with Gasteiger partial charge in [-0.15, -0.1) is 0 Å². The molecule has 1 heterocycles. The third kappa shape index (κ3) is 1.94. The molecule has 1 aliphatic heterocycles. The Hall–Kier alpha value is -2.22. The zero-order valence-electron chi connectivity index (χ0n) is 12.1. The number of nitrogens with one attached hydrogen (secondary N) is 1. The Morgan fingerprint density at radius 2 is 1.95 bits per heavy atom. The third-order valence-corrected chi connectivity index (χ3v) is 4.79. The maximum absolute atomic E-state index is 10.2. The molecule has 0 fully saturated rings. The molecule has 0 saturated heterocycles. The van der Waals surface area contributed by atoms with E-state index in [2.05, 4.69) is 42.6 Å². The molecule has 0 spiro atoms. The molecule has 3 unspecified atom stereocenters. The maximum atomic E-state index is 10.2. The molecule has 2 nitrogen and oxygen atoms in total. The molecule has 2 aromatic rings. The van der Waals surface area contributed by atoms with Crippen molar-refractivity contribution in [1.29, 1.82) is 0 Å². The minimum absolute atomic E-state index is 0.168. The molecule has 0 aromatic heterocycles. The molecule has 106 valence electrons. The highest BCUT2D eigenvalue weighted by Gasteiger charge is 2.38. The van der Waals surface area contributed by atoms with Crippen LogP contribution in [-0.2, 0) is 0 Å². The van der Waals surface area contributed by atoms with Gasteiger partial charge in [-0.2, -0.15) is 0 Å². The number of benzene rings is 2. The van der Waals surface area contributed by atoms with Crippen LogP contribution in [0.4, 0.5) is 5.69 Å². The van der Waals surface area contributed by atoms with Gasteiger partial charge in [0.15, 0.2) is 0 Å². The van der Waals surface area contributed by atoms with Gasteiger partial charge in [-0.3, -0.25) is 0 Å². The van der Waals surface area contributed by atoms with Crippen molar-refractivity contribution in [3.05, 3.63) is 71.3 Å². The van der Waals surface area contributed by atoms with E-state index in [0.29, 0.717) is 17.6 Å². The molecule has 0 bridgehead atoms. The predicted molar refractivity (Wildman–Crippen MR) is 85.6 cm³/mol. The van der Waals surface area contributed by atoms with E-state index in [4.69, 9.17) is 0 Å². The van der Waals surface area contributed by atoms with E-state index in [1.165, 1.54) is 16.8 Å². The third-order valence-electron chi connectivity index (χ3n) is 4.79. The zero-order chi connectivity index (χ0) is 14.4. The van der Waals surface area contributed by atoms with Gasteiger partial charge in [-0.25, -0.2) is 0 Å². The fourth-order valence-corrected chi connectivity index (χ4v) is 3.77. The number of anilines is 1. The monoisotopic (exact) mass is 277 g/mol. The Morgan fingerprint density at radius 3 is 2.81 bits per heavy atom. The molecule has 2 heteroatoms. The summed E-state index contributed by atoms with van der Waals surface area (Å²) in [6.07, 6.45) is 5.67. The molecule has 4 rings (SSSR count). The first kappa shape index (κ1) is 12.5. The lowest BCUT2D eigenvalue weighted by molar-refractivity contribution is 0.402. The summed E-state index contributed by atoms with van der Waals surface area (Å²) in [5.41, 5.74) is 4.89. The van der Waals surface area contributed by atoms with Crippen LogP contribution in [0.1, 0.15) is 35.1 Å². The second-order valence-electron chi connectivity index (χ2n) is 6.13. The second kappa shape index (κ2) is 4.66. The molecule has 0 amide bonds. The lowest BCUT2D eigenvalue weighted by Gasteiger charge is -2.37. The Labute approximate surface area is 125 Å². The van der Waals surface area contributed by atoms with Gasteiger partial charge >= 0.3 is 0 Å². The molecule has 2 aliphatic rings. The van der Waals surface area contributed by atoms with Crippen LogP contribution in [0.2, 0.25) is 0 Å². The van der Waals surface area contributed by atoms with E-state index in [1.54, 1.807) is 6.07 Å². The highest BCUT2D eigenvalue weighted by Crippen LogP contribution is 2.51. The number of rotatable bonds is 1. The maximum Gasteiger partial charge on any atom is 0.120 e. The number of hydrogen-bond donors (Lipinski definition) is 2. The van der Waals surface area contributed by atoms with Crippen LogP contribution in [0.15, 0.2) is 54.6 Å². The number of aryl methyl sites for hydroxylation is 1. The molecule has 2 N–H and O–H groups in total. The summed E-state index contributed by atoms with van der Waals surface area (Å²) in [7, 11) is 0. The van der Waals surface area contributed by atoms with E-state index in [0.717, 1.165) is 12.0 Å². The van der Waals surface area contributed by atoms with E-state index in [1.807, 2.05) is 18.2 Å². The van der Waals surface area contributed by atoms with E-state index < -0.39 is 0 Å². The lowest BCUT2D eigenvalue weighted by atomic mass is 9.76. The number of fused-ring (bicyclic) bond motifs is 3. The van der Waals surface area contributed by atoms with Gasteiger partial charge < -0.3 is 10.4 Å². The van der Waals surface area contributed by atoms with Crippen molar-refractivity contribution in [2.75, 3.05) is 5.32 Å². The highest BCUT2D eigenvalue weighted by atomic mass is 16.3. The average molecular weight is 277 g/mol. The number of aromatic hydroxyl groups is 1. The van der Waals surface area contributed by atoms with Crippen molar-refractivity contribution >= 4 is 5.69 Å². The van der Waals surface area contributed by atoms with Crippen LogP contribution in [0, 0.1) is 12.8 Å². The Kier molecular flexibility index (Phi) is 2.78. The number of allylic oxidation sites excluding steroid dienone is 2. The molecular formula is C19H19NO. The van der Waals surface area contributed by atoms with E-state index in [9.17, 15) is 5.11 Å². The van der Waals surface area contributed by atoms with Crippen molar-refractivity contribution < 1.29 is 5.11 Å². The smallest absolute Gasteiger partial charge is 0.120 e. The second-order valence-corrected chi connectivity index (χ2v) is 6.13. The number of hydrogen-bond acceptors (Lipinski definition) is 2. The SMILES string of the molecule is Cc1ccc2c(c1)C1C=CCC1C(c1ccccc1O)N2. The standard InChI is InChI=1S/C19H19NO/c1-12-9-10-17-16(11-12)13-6-4-7-14(13)19(20-17)15-5-2-3-8-18(15)21/h2-6,8-11,13-14,19-21H,7H2,1H3. The largest absolute Gasteiger partial charge is 0.508 e. The van der Waals surface area contributed by atoms with Crippen LogP contribution in [-0.4, -0.2) is 5.11 Å². The van der Waals surface area contributed by atoms with E-state index in [-0.39, 0.29) is 6.04 Å². The molecule has 21 heavy (non-hydrogen) atoms. The molecule has 0 radical (unpaired) electrons. The minimum atomic E-state index is 0.168. The number of phenols is 1. The van der Waals surface area contributed by atoms with Gasteiger partial charge in [-0.1, -0.05) is 48.0 Å². The summed E-state index contributed by atoms with van der Waals surface area (Å²) >= 11 is 0. The van der Waals surface area contributed by atoms with Crippen molar-refractivity contribution in [1.82, 2.24) is 0 Å². The summed E-state index contributed by atoms with van der Waals surface area (Å²) in [5.74, 6) is 1.31. The summed E-state index contributed by atoms with van der Waals surface area (Å²) in [6, 6.07) is 14.5. The highest BCUT2D eigenvalue weighted by molar-refractivity contribution is 5.61. The fourth-order valence-electron chi connectivity index (χ4n) is 3.77. The fraction of sp³-hybridized carbons (Fsp3) is 0.263. The zero-order valence-corrected chi connectivity index (χ0v) is 12.1. The van der Waals surface area contributed by atoms with Crippen LogP contribution in [0.25, 0.3) is 0 Å². The quantitative estimate of drug-likeness (QED) is 0.751. The van der Waals surface area contributed by atoms with Gasteiger partial charge in [0, 0.05) is 17.2 Å². The van der Waals surface area contributed by atoms with Gasteiger partial charge in [0.1, 0.15) is 5.75 Å². The van der Waals surface area contributed by atoms with Crippen LogP contribution in [0.5, 0.6) is 5.75 Å². The first-order valence-corrected chi connectivity index (χ1v) is 7.55. The van der Waals surface area contributed by atoms with Gasteiger partial charge in [-0.05, 0) is 37.0 Å². The van der Waals surface area contributed by atoms with E-state index >= 15 is 0 Å². The molecule has 1 aliphatic carbocycles. The van der Waals surface area contributed by atoms with Crippen LogP contribution >= 0.6 is 0 Å². The first-order valence-electron chi connectivity index (χ1n) is 7.55. The molecule has 2 aromatic carbocycles. The van der Waals surface area contributed by atoms with Crippen molar-refractivity contribution in [2.45, 2.75) is 25.3 Å². The molecule has 3 atom stereocenters. The molecular weight excluding hydrogens is 258 g/mol. The van der Waals surface area contributed by atoms with Gasteiger partial charge in [0.05, 0.1) is 6.04 Å². The lowest BCUT2D eigenvalue weighted by Crippen LogP contribution is -2.29. The summed E-state index contributed by atoms with van der Waals surface area (Å²) in [4.78, 5) is 0. The van der Waals surface area contributed by atoms with Crippen LogP contribution in [0.3, 0.4) is 0 Å². The van der Waals surface area contributed by atoms with Crippen molar-refractivity contribution in [3.63, 3.8) is 0 Å². The van der Waals surface area contributed by atoms with Crippen molar-refractivity contribution in [2.24, 2.45) is 5.92 Å². The Bertz CT molecular complexity index is 719. The molecule has 0 saturated carbocycles. The normalized spacial score (nSPS) is 26.0. The Morgan fingerprint density at radius 1 is 1.10 bits per heavy atom. The van der Waals surface area contributed by atoms with Gasteiger partial charge in [0.25, 0.3) is 0 Å². The Balaban J connectivity index is 1.82. The van der Waals surface area contributed by atoms with Crippen LogP contribution < -0.4 is 5.32 Å². The number of para-hydroxylation sites is 1. The van der Waals surface area contributed by atoms with Gasteiger partial charge in [0.2, 0.25) is 0 Å². The predicted octanol–water partition coefficient (Wildman–Crippen LogP) is 4.53. The summed E-state index contributed by atoms with van der Waals surface area (Å²) < 4.78 is 0. The minimum Gasteiger partial charge on any atom is -0.508 e.